The van der Waals surface area contributed by atoms with Crippen molar-refractivity contribution < 1.29 is 38.4 Å². The molecule has 3 rings (SSSR count). The number of methoxy groups -OCH3 is 2. The number of aliphatic hydroxyl groups is 1. The summed E-state index contributed by atoms with van der Waals surface area (Å²) in [4.78, 5) is 24.5. The molecular formula is C27H31N5O8. The molecule has 0 spiro atoms. The summed E-state index contributed by atoms with van der Waals surface area (Å²) in [5.74, 6) is 0.979. The van der Waals surface area contributed by atoms with Gasteiger partial charge in [0.25, 0.3) is 0 Å². The number of nitrogens with zero attached hydrogens (tertiary/aromatic N) is 2. The Hall–Kier alpha value is -4.96. The quantitative estimate of drug-likeness (QED) is 0.125. The van der Waals surface area contributed by atoms with Gasteiger partial charge < -0.3 is 39.4 Å². The zero-order valence-electron chi connectivity index (χ0n) is 22.5. The van der Waals surface area contributed by atoms with E-state index in [0.717, 1.165) is 0 Å². The highest BCUT2D eigenvalue weighted by atomic mass is 16.5. The molecule has 40 heavy (non-hydrogen) atoms. The number of esters is 1. The van der Waals surface area contributed by atoms with Crippen molar-refractivity contribution in [3.05, 3.63) is 58.8 Å². The van der Waals surface area contributed by atoms with Crippen molar-refractivity contribution >= 4 is 18.2 Å². The Bertz CT molecular complexity index is 1320. The van der Waals surface area contributed by atoms with Gasteiger partial charge in [-0.15, -0.1) is 0 Å². The average molecular weight is 554 g/mol. The highest BCUT2D eigenvalue weighted by Gasteiger charge is 2.32. The molecule has 4 N–H and O–H groups in total. The van der Waals surface area contributed by atoms with Crippen LogP contribution in [0.5, 0.6) is 23.0 Å². The van der Waals surface area contributed by atoms with Gasteiger partial charge in [0.15, 0.2) is 35.8 Å². The van der Waals surface area contributed by atoms with Gasteiger partial charge in [-0.05, 0) is 55.3 Å². The van der Waals surface area contributed by atoms with E-state index in [1.54, 1.807) is 50.2 Å². The van der Waals surface area contributed by atoms with Gasteiger partial charge in [0, 0.05) is 5.70 Å². The molecule has 2 amide bonds. The van der Waals surface area contributed by atoms with Crippen LogP contribution in [0.2, 0.25) is 0 Å². The second kappa shape index (κ2) is 14.3. The summed E-state index contributed by atoms with van der Waals surface area (Å²) in [6.45, 7) is 3.47. The Balaban J connectivity index is 1.67. The summed E-state index contributed by atoms with van der Waals surface area (Å²) in [6.07, 6.45) is 0.313. The maximum atomic E-state index is 12.4. The summed E-state index contributed by atoms with van der Waals surface area (Å²) in [7, 11) is 2.75. The lowest BCUT2D eigenvalue weighted by Gasteiger charge is -2.28. The number of allylic oxidation sites excluding steroid dienone is 1. The molecule has 0 saturated carbocycles. The van der Waals surface area contributed by atoms with Crippen molar-refractivity contribution in [1.29, 1.82) is 5.26 Å². The van der Waals surface area contributed by atoms with E-state index in [1.165, 1.54) is 20.4 Å². The number of aliphatic hydroxyl groups excluding tert-OH is 1. The van der Waals surface area contributed by atoms with Crippen molar-refractivity contribution in [3.8, 4) is 29.1 Å². The molecule has 1 aliphatic rings. The van der Waals surface area contributed by atoms with E-state index in [9.17, 15) is 14.7 Å². The molecule has 1 aliphatic heterocycles. The molecular weight excluding hydrogens is 522 g/mol. The Kier molecular flexibility index (Phi) is 10.6. The molecule has 2 aromatic carbocycles. The first-order valence-electron chi connectivity index (χ1n) is 12.2. The van der Waals surface area contributed by atoms with Crippen LogP contribution in [0.1, 0.15) is 31.0 Å². The zero-order chi connectivity index (χ0) is 29.1. The number of carbonyl (C=O) groups is 2. The summed E-state index contributed by atoms with van der Waals surface area (Å²) >= 11 is 0. The van der Waals surface area contributed by atoms with E-state index < -0.39 is 24.3 Å². The second-order valence-electron chi connectivity index (χ2n) is 8.27. The number of urea groups is 1. The SMILES string of the molecule is CCOc1cc([C@@H]2NC(=O)NC(C)=C2C(=O)OC)ccc1OC[C@H](O)N/N=C\c1ccc(OCC#N)c(OC)c1. The number of rotatable bonds is 13. The summed E-state index contributed by atoms with van der Waals surface area (Å²) < 4.78 is 26.9. The molecule has 1 heterocycles. The molecule has 0 aromatic heterocycles. The van der Waals surface area contributed by atoms with E-state index in [-0.39, 0.29) is 18.8 Å². The van der Waals surface area contributed by atoms with Crippen LogP contribution in [0, 0.1) is 11.3 Å². The monoisotopic (exact) mass is 553 g/mol. The van der Waals surface area contributed by atoms with Crippen molar-refractivity contribution in [2.75, 3.05) is 34.0 Å². The highest BCUT2D eigenvalue weighted by molar-refractivity contribution is 5.95. The standard InChI is InChI=1S/C27H31N5O8/c1-5-38-22-13-18(25-24(26(34)37-4)16(2)30-27(35)31-25)7-9-20(22)40-15-23(33)32-29-14-17-6-8-19(39-11-10-28)21(12-17)36-3/h6-9,12-14,23,25,32-33H,5,11,15H2,1-4H3,(H2,30,31,35)/b29-14-/t23-,25-/m0/s1. The number of hydrogen-bond donors (Lipinski definition) is 4. The van der Waals surface area contributed by atoms with Gasteiger partial charge in [-0.3, -0.25) is 5.43 Å². The molecule has 0 fully saturated rings. The minimum atomic E-state index is -1.16. The van der Waals surface area contributed by atoms with E-state index in [1.807, 2.05) is 6.07 Å². The fourth-order valence-electron chi connectivity index (χ4n) is 3.81. The fourth-order valence-corrected chi connectivity index (χ4v) is 3.81. The minimum Gasteiger partial charge on any atom is -0.493 e. The lowest BCUT2D eigenvalue weighted by Crippen LogP contribution is -2.45. The van der Waals surface area contributed by atoms with Crippen molar-refractivity contribution in [1.82, 2.24) is 16.1 Å². The van der Waals surface area contributed by atoms with Crippen LogP contribution in [0.3, 0.4) is 0 Å². The van der Waals surface area contributed by atoms with Crippen molar-refractivity contribution in [2.24, 2.45) is 5.10 Å². The van der Waals surface area contributed by atoms with E-state index in [4.69, 9.17) is 28.9 Å². The van der Waals surface area contributed by atoms with Crippen LogP contribution in [0.25, 0.3) is 0 Å². The molecule has 0 aliphatic carbocycles. The molecule has 2 aromatic rings. The number of amides is 2. The average Bonchev–Trinajstić information content (AvgIpc) is 2.95. The molecule has 13 nitrogen and oxygen atoms in total. The van der Waals surface area contributed by atoms with Gasteiger partial charge in [0.2, 0.25) is 0 Å². The predicted molar refractivity (Wildman–Crippen MR) is 143 cm³/mol. The molecule has 13 heteroatoms. The number of hydrazone groups is 1. The van der Waals surface area contributed by atoms with Crippen LogP contribution in [-0.2, 0) is 9.53 Å². The van der Waals surface area contributed by atoms with Gasteiger partial charge in [-0.2, -0.15) is 10.4 Å². The van der Waals surface area contributed by atoms with E-state index >= 15 is 0 Å². The Labute approximate surface area is 231 Å². The van der Waals surface area contributed by atoms with Gasteiger partial charge in [-0.25, -0.2) is 9.59 Å². The topological polar surface area (TPSA) is 173 Å². The lowest BCUT2D eigenvalue weighted by atomic mass is 9.95. The summed E-state index contributed by atoms with van der Waals surface area (Å²) in [5, 5.41) is 28.3. The summed E-state index contributed by atoms with van der Waals surface area (Å²) in [6, 6.07) is 10.7. The Morgan fingerprint density at radius 1 is 1.15 bits per heavy atom. The predicted octanol–water partition coefficient (Wildman–Crippen LogP) is 2.12. The maximum absolute atomic E-state index is 12.4. The number of ether oxygens (including phenoxy) is 5. The molecule has 212 valence electrons. The van der Waals surface area contributed by atoms with Gasteiger partial charge >= 0.3 is 12.0 Å². The first kappa shape index (κ1) is 29.6. The Morgan fingerprint density at radius 2 is 1.90 bits per heavy atom. The van der Waals surface area contributed by atoms with Crippen LogP contribution in [0.15, 0.2) is 52.8 Å². The van der Waals surface area contributed by atoms with Crippen LogP contribution in [-0.4, -0.2) is 63.6 Å². The molecule has 0 radical (unpaired) electrons. The lowest BCUT2D eigenvalue weighted by molar-refractivity contribution is -0.136. The van der Waals surface area contributed by atoms with Crippen LogP contribution >= 0.6 is 0 Å². The first-order chi connectivity index (χ1) is 19.3. The molecule has 0 bridgehead atoms. The molecule has 2 atom stereocenters. The Morgan fingerprint density at radius 3 is 2.60 bits per heavy atom. The van der Waals surface area contributed by atoms with Gasteiger partial charge in [-0.1, -0.05) is 6.07 Å². The third kappa shape index (κ3) is 7.55. The third-order valence-corrected chi connectivity index (χ3v) is 5.59. The third-order valence-electron chi connectivity index (χ3n) is 5.59. The number of carbonyl (C=O) groups excluding carboxylic acids is 2. The fraction of sp³-hybridized carbons (Fsp3) is 0.333. The van der Waals surface area contributed by atoms with E-state index in [2.05, 4.69) is 21.2 Å². The highest BCUT2D eigenvalue weighted by Crippen LogP contribution is 2.35. The molecule has 0 saturated heterocycles. The zero-order valence-corrected chi connectivity index (χ0v) is 22.5. The van der Waals surface area contributed by atoms with E-state index in [0.29, 0.717) is 46.4 Å². The normalized spacial score (nSPS) is 15.4. The maximum Gasteiger partial charge on any atom is 0.337 e. The minimum absolute atomic E-state index is 0.106. The summed E-state index contributed by atoms with van der Waals surface area (Å²) in [5.41, 5.74) is 4.46. The van der Waals surface area contributed by atoms with Crippen molar-refractivity contribution in [3.63, 3.8) is 0 Å². The molecule has 0 unspecified atom stereocenters. The smallest absolute Gasteiger partial charge is 0.337 e. The first-order valence-corrected chi connectivity index (χ1v) is 12.2. The largest absolute Gasteiger partial charge is 0.493 e. The number of hydrogen-bond acceptors (Lipinski definition) is 11. The van der Waals surface area contributed by atoms with Gasteiger partial charge in [0.1, 0.15) is 12.7 Å². The van der Waals surface area contributed by atoms with Crippen LogP contribution in [0.4, 0.5) is 4.79 Å². The number of benzene rings is 2. The van der Waals surface area contributed by atoms with Crippen molar-refractivity contribution in [2.45, 2.75) is 26.1 Å². The van der Waals surface area contributed by atoms with Crippen LogP contribution < -0.4 is 35.0 Å². The number of nitrogens with one attached hydrogen (secondary N) is 3. The van der Waals surface area contributed by atoms with Gasteiger partial charge in [0.05, 0.1) is 38.7 Å². The number of nitriles is 1. The second-order valence-corrected chi connectivity index (χ2v) is 8.27.